The molecule has 2 aromatic rings. The molecular weight excluding hydrogens is 484 g/mol. The molecule has 4 rings (SSSR count). The van der Waals surface area contributed by atoms with Crippen LogP contribution in [-0.4, -0.2) is 41.7 Å². The van der Waals surface area contributed by atoms with Crippen molar-refractivity contribution in [1.82, 2.24) is 9.47 Å². The Labute approximate surface area is 222 Å². The van der Waals surface area contributed by atoms with Crippen LogP contribution in [0.25, 0.3) is 11.8 Å². The Hall–Kier alpha value is -3.15. The van der Waals surface area contributed by atoms with Crippen molar-refractivity contribution in [2.24, 2.45) is 11.8 Å². The van der Waals surface area contributed by atoms with E-state index in [0.29, 0.717) is 15.7 Å². The van der Waals surface area contributed by atoms with E-state index in [-0.39, 0.29) is 17.7 Å². The van der Waals surface area contributed by atoms with E-state index in [4.69, 9.17) is 4.74 Å². The van der Waals surface area contributed by atoms with Crippen LogP contribution < -0.4 is 20.1 Å². The topological polar surface area (TPSA) is 87.4 Å². The molecule has 1 aliphatic heterocycles. The number of anilines is 1. The van der Waals surface area contributed by atoms with Crippen molar-refractivity contribution >= 4 is 34.8 Å². The zero-order valence-electron chi connectivity index (χ0n) is 21.6. The minimum absolute atomic E-state index is 0.00147. The molecule has 37 heavy (non-hydrogen) atoms. The largest absolute Gasteiger partial charge is 0.457 e. The van der Waals surface area contributed by atoms with E-state index < -0.39 is 5.97 Å². The van der Waals surface area contributed by atoms with Gasteiger partial charge in [0.2, 0.25) is 0 Å². The normalized spacial score (nSPS) is 21.0. The van der Waals surface area contributed by atoms with E-state index in [1.807, 2.05) is 18.2 Å². The number of carbonyl (C=O) groups excluding carboxylic acids is 1. The van der Waals surface area contributed by atoms with Crippen LogP contribution in [0.5, 0.6) is 0 Å². The van der Waals surface area contributed by atoms with E-state index in [0.717, 1.165) is 41.8 Å². The fraction of sp³-hybridized carbons (Fsp3) is 0.483. The van der Waals surface area contributed by atoms with Crippen LogP contribution in [0.1, 0.15) is 44.6 Å². The van der Waals surface area contributed by atoms with Gasteiger partial charge >= 0.3 is 5.97 Å². The van der Waals surface area contributed by atoms with Gasteiger partial charge in [0.15, 0.2) is 5.57 Å². The molecular formula is C29H36N4O3S. The number of aromatic nitrogens is 1. The predicted molar refractivity (Wildman–Crippen MR) is 148 cm³/mol. The molecule has 1 aromatic carbocycles. The third kappa shape index (κ3) is 6.60. The molecule has 0 unspecified atom stereocenters. The zero-order valence-corrected chi connectivity index (χ0v) is 22.4. The summed E-state index contributed by atoms with van der Waals surface area (Å²) >= 11 is 1.11. The third-order valence-corrected chi connectivity index (χ3v) is 8.61. The van der Waals surface area contributed by atoms with Crippen molar-refractivity contribution in [3.8, 4) is 6.07 Å². The highest BCUT2D eigenvalue weighted by Gasteiger charge is 2.30. The van der Waals surface area contributed by atoms with Crippen LogP contribution in [0.15, 0.2) is 41.7 Å². The average Bonchev–Trinajstić information content (AvgIpc) is 3.24. The van der Waals surface area contributed by atoms with Crippen LogP contribution in [0.2, 0.25) is 0 Å². The number of piperidine rings is 1. The summed E-state index contributed by atoms with van der Waals surface area (Å²) in [5.41, 5.74) is 1.73. The number of likely N-dealkylation sites (tertiary alicyclic amines) is 1. The van der Waals surface area contributed by atoms with E-state index in [1.54, 1.807) is 13.1 Å². The van der Waals surface area contributed by atoms with Gasteiger partial charge in [0.25, 0.3) is 5.56 Å². The molecule has 1 aliphatic carbocycles. The number of hydrogen-bond acceptors (Lipinski definition) is 7. The average molecular weight is 521 g/mol. The Morgan fingerprint density at radius 1 is 1.30 bits per heavy atom. The second-order valence-electron chi connectivity index (χ2n) is 9.83. The molecule has 1 aromatic heterocycles. The van der Waals surface area contributed by atoms with E-state index >= 15 is 0 Å². The molecule has 0 amide bonds. The molecule has 1 N–H and O–H groups in total. The molecule has 0 spiro atoms. The Morgan fingerprint density at radius 2 is 2.11 bits per heavy atom. The standard InChI is InChI=1S/C29H36N4O3S/c1-3-16-36-29(35)25(18-30)28-33(4-2)27(34)26(37-28)19-31-24-11-7-8-21(17-24)12-14-32-15-13-22-9-5-6-10-23(22)20-32/h3,7-8,11,17,19,22-23,31H,1,4-6,9-10,12-16,20H2,2H3/b26-19+,28-25-/t22-,23-/m1/s1. The first-order valence-corrected chi connectivity index (χ1v) is 14.1. The summed E-state index contributed by atoms with van der Waals surface area (Å²) in [7, 11) is 0. The number of hydrogen-bond donors (Lipinski definition) is 1. The van der Waals surface area contributed by atoms with Crippen molar-refractivity contribution in [2.75, 3.05) is 31.6 Å². The molecule has 196 valence electrons. The minimum Gasteiger partial charge on any atom is -0.457 e. The maximum atomic E-state index is 12.9. The lowest BCUT2D eigenvalue weighted by Crippen LogP contribution is -2.42. The molecule has 1 saturated carbocycles. The summed E-state index contributed by atoms with van der Waals surface area (Å²) in [6, 6.07) is 10.2. The molecule has 2 heterocycles. The van der Waals surface area contributed by atoms with E-state index in [9.17, 15) is 14.9 Å². The molecule has 2 aliphatic rings. The Morgan fingerprint density at radius 3 is 2.86 bits per heavy atom. The van der Waals surface area contributed by atoms with Crippen LogP contribution in [-0.2, 0) is 22.5 Å². The number of nitrogens with zero attached hydrogens (tertiary/aromatic N) is 3. The second-order valence-corrected chi connectivity index (χ2v) is 10.9. The zero-order chi connectivity index (χ0) is 26.2. The van der Waals surface area contributed by atoms with Gasteiger partial charge < -0.3 is 15.0 Å². The lowest BCUT2D eigenvalue weighted by molar-refractivity contribution is -0.135. The first kappa shape index (κ1) is 26.9. The smallest absolute Gasteiger partial charge is 0.352 e. The van der Waals surface area contributed by atoms with Gasteiger partial charge in [0.05, 0.1) is 0 Å². The van der Waals surface area contributed by atoms with Gasteiger partial charge in [0.1, 0.15) is 21.9 Å². The predicted octanol–water partition coefficient (Wildman–Crippen LogP) is 3.24. The number of esters is 1. The number of benzene rings is 1. The summed E-state index contributed by atoms with van der Waals surface area (Å²) in [5, 5.41) is 12.8. The Balaban J connectivity index is 1.46. The van der Waals surface area contributed by atoms with Gasteiger partial charge in [-0.25, -0.2) is 4.79 Å². The lowest BCUT2D eigenvalue weighted by Gasteiger charge is -2.41. The van der Waals surface area contributed by atoms with Gasteiger partial charge in [-0.2, -0.15) is 5.26 Å². The number of rotatable bonds is 9. The van der Waals surface area contributed by atoms with Crippen molar-refractivity contribution in [3.63, 3.8) is 0 Å². The molecule has 1 saturated heterocycles. The molecule has 2 fully saturated rings. The van der Waals surface area contributed by atoms with Gasteiger partial charge in [-0.05, 0) is 62.3 Å². The summed E-state index contributed by atoms with van der Waals surface area (Å²) in [6.45, 7) is 9.18. The maximum Gasteiger partial charge on any atom is 0.352 e. The van der Waals surface area contributed by atoms with Crippen LogP contribution in [0, 0.1) is 23.2 Å². The quantitative estimate of drug-likeness (QED) is 0.404. The van der Waals surface area contributed by atoms with Crippen LogP contribution >= 0.6 is 11.3 Å². The molecule has 7 nitrogen and oxygen atoms in total. The fourth-order valence-corrected chi connectivity index (χ4v) is 6.59. The summed E-state index contributed by atoms with van der Waals surface area (Å²) in [6.07, 6.45) is 11.0. The van der Waals surface area contributed by atoms with Gasteiger partial charge in [0, 0.05) is 31.5 Å². The van der Waals surface area contributed by atoms with Crippen molar-refractivity contribution in [2.45, 2.75) is 52.0 Å². The maximum absolute atomic E-state index is 12.9. The van der Waals surface area contributed by atoms with E-state index in [1.165, 1.54) is 61.4 Å². The summed E-state index contributed by atoms with van der Waals surface area (Å²) < 4.78 is 7.17. The number of nitriles is 1. The first-order chi connectivity index (χ1) is 18.0. The van der Waals surface area contributed by atoms with Crippen molar-refractivity contribution in [1.29, 1.82) is 5.26 Å². The second kappa shape index (κ2) is 12.9. The molecule has 0 bridgehead atoms. The van der Waals surface area contributed by atoms with Crippen molar-refractivity contribution < 1.29 is 9.53 Å². The highest BCUT2D eigenvalue weighted by atomic mass is 32.1. The number of ether oxygens (including phenoxy) is 1. The van der Waals surface area contributed by atoms with E-state index in [2.05, 4.69) is 28.9 Å². The molecule has 8 heteroatoms. The van der Waals surface area contributed by atoms with Gasteiger partial charge in [-0.3, -0.25) is 9.36 Å². The first-order valence-electron chi connectivity index (χ1n) is 13.2. The molecule has 0 radical (unpaired) electrons. The van der Waals surface area contributed by atoms with Crippen LogP contribution in [0.3, 0.4) is 0 Å². The lowest BCUT2D eigenvalue weighted by atomic mass is 9.75. The number of carbonyl (C=O) groups is 1. The molecule has 2 atom stereocenters. The summed E-state index contributed by atoms with van der Waals surface area (Å²) in [4.78, 5) is 27.9. The van der Waals surface area contributed by atoms with Crippen molar-refractivity contribution in [3.05, 3.63) is 62.0 Å². The highest BCUT2D eigenvalue weighted by Crippen LogP contribution is 2.36. The minimum atomic E-state index is -0.759. The fourth-order valence-electron chi connectivity index (χ4n) is 5.51. The monoisotopic (exact) mass is 520 g/mol. The van der Waals surface area contributed by atoms with Gasteiger partial charge in [-0.1, -0.05) is 44.1 Å². The number of thiazole rings is 1. The Kier molecular flexibility index (Phi) is 9.37. The summed E-state index contributed by atoms with van der Waals surface area (Å²) in [5.74, 6) is 1.07. The SMILES string of the molecule is C=CCOC(=O)/C(C#N)=c1\s/c(=C/Nc2cccc(CCN3CC[C@H]4CCCC[C@@H]4C3)c2)c(=O)n1CC. The number of fused-ring (bicyclic) bond motifs is 1. The highest BCUT2D eigenvalue weighted by molar-refractivity contribution is 7.07. The Bertz CT molecular complexity index is 1340. The number of nitrogens with one attached hydrogen (secondary N) is 1. The van der Waals surface area contributed by atoms with Crippen LogP contribution in [0.4, 0.5) is 5.69 Å². The third-order valence-electron chi connectivity index (χ3n) is 7.47. The van der Waals surface area contributed by atoms with Gasteiger partial charge in [-0.15, -0.1) is 11.3 Å².